The van der Waals surface area contributed by atoms with Crippen LogP contribution in [0.2, 0.25) is 0 Å². The number of nitrogens with zero attached hydrogens (tertiary/aromatic N) is 2. The molecule has 22 heavy (non-hydrogen) atoms. The third-order valence-corrected chi connectivity index (χ3v) is 4.24. The Morgan fingerprint density at radius 1 is 1.27 bits per heavy atom. The molecule has 1 fully saturated rings. The summed E-state index contributed by atoms with van der Waals surface area (Å²) in [6, 6.07) is 0. The number of carbonyl (C=O) groups is 2. The number of likely N-dealkylation sites (tertiary alicyclic amines) is 1. The lowest BCUT2D eigenvalue weighted by molar-refractivity contribution is -0.142. The maximum Gasteiger partial charge on any atom is 0.225 e. The van der Waals surface area contributed by atoms with Crippen LogP contribution in [0.1, 0.15) is 40.5 Å². The topological polar surface area (TPSA) is 66.6 Å². The van der Waals surface area contributed by atoms with E-state index in [1.165, 1.54) is 0 Å². The second-order valence-corrected chi connectivity index (χ2v) is 7.32. The van der Waals surface area contributed by atoms with Crippen LogP contribution in [0.4, 0.5) is 0 Å². The van der Waals surface area contributed by atoms with Gasteiger partial charge in [-0.2, -0.15) is 0 Å². The summed E-state index contributed by atoms with van der Waals surface area (Å²) in [6.45, 7) is 10.6. The fraction of sp³-hybridized carbons (Fsp3) is 0.875. The van der Waals surface area contributed by atoms with E-state index in [-0.39, 0.29) is 41.5 Å². The second-order valence-electron chi connectivity index (χ2n) is 7.32. The predicted molar refractivity (Wildman–Crippen MR) is 91.9 cm³/mol. The van der Waals surface area contributed by atoms with Gasteiger partial charge in [0.05, 0.1) is 0 Å². The highest BCUT2D eigenvalue weighted by molar-refractivity contribution is 5.85. The van der Waals surface area contributed by atoms with Crippen molar-refractivity contribution in [1.82, 2.24) is 9.80 Å². The summed E-state index contributed by atoms with van der Waals surface area (Å²) < 4.78 is 0. The molecule has 1 aliphatic rings. The first-order chi connectivity index (χ1) is 9.68. The first-order valence-corrected chi connectivity index (χ1v) is 7.92. The number of hydrogen-bond acceptors (Lipinski definition) is 3. The average molecular weight is 334 g/mol. The molecule has 2 amide bonds. The van der Waals surface area contributed by atoms with Crippen molar-refractivity contribution < 1.29 is 9.59 Å². The Bertz CT molecular complexity index is 378. The fourth-order valence-corrected chi connectivity index (χ4v) is 2.81. The van der Waals surface area contributed by atoms with Gasteiger partial charge in [-0.05, 0) is 24.8 Å². The zero-order valence-electron chi connectivity index (χ0n) is 14.6. The normalized spacial score (nSPS) is 16.4. The predicted octanol–water partition coefficient (Wildman–Crippen LogP) is 1.75. The molecule has 0 aromatic rings. The molecular weight excluding hydrogens is 302 g/mol. The molecular formula is C16H32ClN3O2. The van der Waals surface area contributed by atoms with Gasteiger partial charge in [0.15, 0.2) is 0 Å². The third kappa shape index (κ3) is 5.76. The standard InChI is InChI=1S/C16H31N3O2.ClH/c1-12(2)14(20)19-8-6-13(7-9-19)15(21)18(5)11-16(3,4)10-17;/h12-13H,6-11,17H2,1-5H3;1H. The molecule has 5 nitrogen and oxygen atoms in total. The second kappa shape index (κ2) is 8.73. The number of halogens is 1. The minimum atomic E-state index is -0.0568. The molecule has 0 aliphatic carbocycles. The maximum atomic E-state index is 12.5. The first-order valence-electron chi connectivity index (χ1n) is 7.92. The van der Waals surface area contributed by atoms with Crippen molar-refractivity contribution in [1.29, 1.82) is 0 Å². The van der Waals surface area contributed by atoms with Crippen LogP contribution < -0.4 is 5.73 Å². The van der Waals surface area contributed by atoms with Gasteiger partial charge >= 0.3 is 0 Å². The van der Waals surface area contributed by atoms with Crippen molar-refractivity contribution in [3.63, 3.8) is 0 Å². The number of nitrogens with two attached hydrogens (primary N) is 1. The highest BCUT2D eigenvalue weighted by Gasteiger charge is 2.31. The quantitative estimate of drug-likeness (QED) is 0.833. The lowest BCUT2D eigenvalue weighted by Crippen LogP contribution is -2.47. The van der Waals surface area contributed by atoms with Crippen LogP contribution in [0.25, 0.3) is 0 Å². The molecule has 2 N–H and O–H groups in total. The van der Waals surface area contributed by atoms with Gasteiger partial charge in [0, 0.05) is 38.5 Å². The zero-order chi connectivity index (χ0) is 16.2. The Labute approximate surface area is 141 Å². The van der Waals surface area contributed by atoms with Crippen LogP contribution in [0.15, 0.2) is 0 Å². The van der Waals surface area contributed by atoms with Gasteiger partial charge in [-0.15, -0.1) is 12.4 Å². The van der Waals surface area contributed by atoms with Gasteiger partial charge in [-0.1, -0.05) is 27.7 Å². The molecule has 1 aliphatic heterocycles. The molecule has 1 heterocycles. The van der Waals surface area contributed by atoms with E-state index in [1.54, 1.807) is 4.90 Å². The van der Waals surface area contributed by atoms with Crippen LogP contribution in [0.5, 0.6) is 0 Å². The van der Waals surface area contributed by atoms with E-state index in [2.05, 4.69) is 13.8 Å². The molecule has 1 rings (SSSR count). The first kappa shape index (κ1) is 21.2. The number of piperidine rings is 1. The van der Waals surface area contributed by atoms with E-state index in [0.29, 0.717) is 26.2 Å². The molecule has 0 bridgehead atoms. The van der Waals surface area contributed by atoms with Gasteiger partial charge in [0.2, 0.25) is 11.8 Å². The number of amides is 2. The van der Waals surface area contributed by atoms with Crippen LogP contribution in [-0.4, -0.2) is 54.8 Å². The highest BCUT2D eigenvalue weighted by atomic mass is 35.5. The minimum absolute atomic E-state index is 0. The van der Waals surface area contributed by atoms with Crippen LogP contribution >= 0.6 is 12.4 Å². The third-order valence-electron chi connectivity index (χ3n) is 4.24. The van der Waals surface area contributed by atoms with Crippen LogP contribution in [-0.2, 0) is 9.59 Å². The van der Waals surface area contributed by atoms with Crippen molar-refractivity contribution in [2.45, 2.75) is 40.5 Å². The summed E-state index contributed by atoms with van der Waals surface area (Å²) in [5, 5.41) is 0. The smallest absolute Gasteiger partial charge is 0.225 e. The average Bonchev–Trinajstić information content (AvgIpc) is 2.45. The molecule has 0 unspecified atom stereocenters. The largest absolute Gasteiger partial charge is 0.345 e. The SMILES string of the molecule is CC(C)C(=O)N1CCC(C(=O)N(C)CC(C)(C)CN)CC1.Cl. The van der Waals surface area contributed by atoms with E-state index in [1.807, 2.05) is 25.8 Å². The minimum Gasteiger partial charge on any atom is -0.345 e. The molecule has 0 radical (unpaired) electrons. The van der Waals surface area contributed by atoms with Gasteiger partial charge in [0.25, 0.3) is 0 Å². The van der Waals surface area contributed by atoms with Crippen molar-refractivity contribution >= 4 is 24.2 Å². The van der Waals surface area contributed by atoms with E-state index in [0.717, 1.165) is 12.8 Å². The number of hydrogen-bond donors (Lipinski definition) is 1. The molecule has 0 aromatic heterocycles. The molecule has 0 saturated carbocycles. The summed E-state index contributed by atoms with van der Waals surface area (Å²) in [4.78, 5) is 28.1. The molecule has 1 saturated heterocycles. The maximum absolute atomic E-state index is 12.5. The Balaban J connectivity index is 0.00000441. The fourth-order valence-electron chi connectivity index (χ4n) is 2.81. The Hall–Kier alpha value is -0.810. The molecule has 0 spiro atoms. The van der Waals surface area contributed by atoms with Crippen molar-refractivity contribution in [3.05, 3.63) is 0 Å². The van der Waals surface area contributed by atoms with Crippen LogP contribution in [0, 0.1) is 17.3 Å². The molecule has 0 atom stereocenters. The monoisotopic (exact) mass is 333 g/mol. The summed E-state index contributed by atoms with van der Waals surface area (Å²) >= 11 is 0. The molecule has 130 valence electrons. The lowest BCUT2D eigenvalue weighted by Gasteiger charge is -2.36. The van der Waals surface area contributed by atoms with Gasteiger partial charge in [0.1, 0.15) is 0 Å². The molecule has 0 aromatic carbocycles. The Kier molecular flexibility index (Phi) is 8.40. The van der Waals surface area contributed by atoms with Crippen LogP contribution in [0.3, 0.4) is 0 Å². The van der Waals surface area contributed by atoms with Crippen molar-refractivity contribution in [2.75, 3.05) is 33.2 Å². The van der Waals surface area contributed by atoms with E-state index in [4.69, 9.17) is 5.73 Å². The van der Waals surface area contributed by atoms with E-state index < -0.39 is 0 Å². The van der Waals surface area contributed by atoms with Crippen molar-refractivity contribution in [2.24, 2.45) is 23.0 Å². The van der Waals surface area contributed by atoms with Gasteiger partial charge in [-0.3, -0.25) is 9.59 Å². The molecule has 6 heteroatoms. The summed E-state index contributed by atoms with van der Waals surface area (Å²) in [5.41, 5.74) is 5.67. The van der Waals surface area contributed by atoms with E-state index >= 15 is 0 Å². The lowest BCUT2D eigenvalue weighted by atomic mass is 9.91. The van der Waals surface area contributed by atoms with E-state index in [9.17, 15) is 9.59 Å². The summed E-state index contributed by atoms with van der Waals surface area (Å²) in [6.07, 6.45) is 1.54. The summed E-state index contributed by atoms with van der Waals surface area (Å²) in [5.74, 6) is 0.455. The van der Waals surface area contributed by atoms with Crippen molar-refractivity contribution in [3.8, 4) is 0 Å². The highest BCUT2D eigenvalue weighted by Crippen LogP contribution is 2.22. The van der Waals surface area contributed by atoms with Gasteiger partial charge in [-0.25, -0.2) is 0 Å². The van der Waals surface area contributed by atoms with Gasteiger partial charge < -0.3 is 15.5 Å². The summed E-state index contributed by atoms with van der Waals surface area (Å²) in [7, 11) is 1.85. The zero-order valence-corrected chi connectivity index (χ0v) is 15.4. The Morgan fingerprint density at radius 3 is 2.18 bits per heavy atom. The number of rotatable bonds is 5. The number of carbonyl (C=O) groups excluding carboxylic acids is 2. The Morgan fingerprint density at radius 2 is 1.77 bits per heavy atom.